The van der Waals surface area contributed by atoms with E-state index in [2.05, 4.69) is 26.0 Å². The molecule has 1 heteroatoms. The number of benzene rings is 2. The fourth-order valence-corrected chi connectivity index (χ4v) is 2.10. The fourth-order valence-electron chi connectivity index (χ4n) is 2.10. The molecule has 2 aromatic rings. The van der Waals surface area contributed by atoms with Gasteiger partial charge in [0.25, 0.3) is 0 Å². The Morgan fingerprint density at radius 3 is 2.50 bits per heavy atom. The maximum atomic E-state index is 5.95. The lowest BCUT2D eigenvalue weighted by molar-refractivity contribution is 0.473. The van der Waals surface area contributed by atoms with Crippen LogP contribution in [0.25, 0.3) is 0 Å². The van der Waals surface area contributed by atoms with Crippen molar-refractivity contribution < 1.29 is 4.74 Å². The van der Waals surface area contributed by atoms with Crippen molar-refractivity contribution >= 4 is 0 Å². The average Bonchev–Trinajstić information content (AvgIpc) is 2.42. The molecule has 0 unspecified atom stereocenters. The van der Waals surface area contributed by atoms with Gasteiger partial charge in [-0.1, -0.05) is 50.6 Å². The van der Waals surface area contributed by atoms with E-state index < -0.39 is 0 Å². The van der Waals surface area contributed by atoms with Gasteiger partial charge in [0.05, 0.1) is 0 Å². The van der Waals surface area contributed by atoms with Gasteiger partial charge in [-0.3, -0.25) is 0 Å². The Morgan fingerprint density at radius 2 is 1.83 bits per heavy atom. The molecule has 1 nitrogen and oxygen atoms in total. The maximum absolute atomic E-state index is 5.95. The Morgan fingerprint density at radius 1 is 1.06 bits per heavy atom. The Hall–Kier alpha value is -1.76. The zero-order valence-corrected chi connectivity index (χ0v) is 11.1. The summed E-state index contributed by atoms with van der Waals surface area (Å²) in [6.07, 6.45) is 3.20. The van der Waals surface area contributed by atoms with Crippen LogP contribution in [0.5, 0.6) is 11.5 Å². The Bertz CT molecular complexity index is 488. The minimum atomic E-state index is 0.874. The van der Waals surface area contributed by atoms with E-state index in [4.69, 9.17) is 4.74 Å². The third kappa shape index (κ3) is 2.92. The molecule has 93 valence electrons. The molecule has 0 fully saturated rings. The molecule has 0 heterocycles. The predicted molar refractivity (Wildman–Crippen MR) is 75.2 cm³/mol. The van der Waals surface area contributed by atoms with Crippen molar-refractivity contribution in [1.29, 1.82) is 0 Å². The fraction of sp³-hybridized carbons (Fsp3) is 0.294. The quantitative estimate of drug-likeness (QED) is 0.728. The highest BCUT2D eigenvalue weighted by atomic mass is 16.5. The first-order valence-corrected chi connectivity index (χ1v) is 6.60. The van der Waals surface area contributed by atoms with E-state index in [0.29, 0.717) is 0 Å². The first kappa shape index (κ1) is 12.7. The van der Waals surface area contributed by atoms with Crippen molar-refractivity contribution in [1.82, 2.24) is 0 Å². The second-order valence-electron chi connectivity index (χ2n) is 4.33. The van der Waals surface area contributed by atoms with Crippen LogP contribution in [0, 0.1) is 6.07 Å². The van der Waals surface area contributed by atoms with Gasteiger partial charge in [-0.25, -0.2) is 0 Å². The number of hydrogen-bond acceptors (Lipinski definition) is 1. The number of hydrogen-bond donors (Lipinski definition) is 0. The van der Waals surface area contributed by atoms with E-state index >= 15 is 0 Å². The minimum absolute atomic E-state index is 0.874. The summed E-state index contributed by atoms with van der Waals surface area (Å²) in [5.74, 6) is 1.75. The van der Waals surface area contributed by atoms with Crippen LogP contribution in [-0.4, -0.2) is 0 Å². The van der Waals surface area contributed by atoms with Crippen LogP contribution in [0.3, 0.4) is 0 Å². The third-order valence-corrected chi connectivity index (χ3v) is 3.00. The molecule has 0 saturated heterocycles. The molecule has 0 atom stereocenters. The Balaban J connectivity index is 2.32. The lowest BCUT2D eigenvalue weighted by atomic mass is 10.0. The van der Waals surface area contributed by atoms with Crippen LogP contribution in [0.15, 0.2) is 42.5 Å². The molecule has 0 aliphatic heterocycles. The number of para-hydroxylation sites is 1. The lowest BCUT2D eigenvalue weighted by Crippen LogP contribution is -1.97. The van der Waals surface area contributed by atoms with Crippen LogP contribution in [0.2, 0.25) is 0 Å². The minimum Gasteiger partial charge on any atom is -0.456 e. The van der Waals surface area contributed by atoms with Crippen LogP contribution >= 0.6 is 0 Å². The monoisotopic (exact) mass is 239 g/mol. The van der Waals surface area contributed by atoms with E-state index in [1.54, 1.807) is 0 Å². The Kier molecular flexibility index (Phi) is 4.40. The molecular weight excluding hydrogens is 220 g/mol. The third-order valence-electron chi connectivity index (χ3n) is 3.00. The summed E-state index contributed by atoms with van der Waals surface area (Å²) < 4.78 is 5.95. The molecule has 0 spiro atoms. The first-order valence-electron chi connectivity index (χ1n) is 6.60. The van der Waals surface area contributed by atoms with Crippen LogP contribution in [0.1, 0.15) is 31.4 Å². The van der Waals surface area contributed by atoms with Gasteiger partial charge < -0.3 is 4.74 Å². The van der Waals surface area contributed by atoms with Gasteiger partial charge in [0.1, 0.15) is 11.5 Å². The number of aryl methyl sites for hydroxylation is 1. The van der Waals surface area contributed by atoms with Crippen molar-refractivity contribution in [2.45, 2.75) is 33.1 Å². The summed E-state index contributed by atoms with van der Waals surface area (Å²) in [7, 11) is 0. The summed E-state index contributed by atoms with van der Waals surface area (Å²) >= 11 is 0. The SMILES string of the molecule is CCCc1c(Oc2ccccc2)[c]ccc1CC. The summed E-state index contributed by atoms with van der Waals surface area (Å²) in [6, 6.07) is 17.2. The number of rotatable bonds is 5. The van der Waals surface area contributed by atoms with Crippen molar-refractivity contribution in [2.24, 2.45) is 0 Å². The van der Waals surface area contributed by atoms with Crippen molar-refractivity contribution in [3.8, 4) is 11.5 Å². The highest BCUT2D eigenvalue weighted by Crippen LogP contribution is 2.28. The van der Waals surface area contributed by atoms with E-state index in [0.717, 1.165) is 30.8 Å². The Labute approximate surface area is 109 Å². The normalized spacial score (nSPS) is 10.3. The van der Waals surface area contributed by atoms with Gasteiger partial charge in [-0.2, -0.15) is 0 Å². The van der Waals surface area contributed by atoms with E-state index in [1.165, 1.54) is 11.1 Å². The van der Waals surface area contributed by atoms with Gasteiger partial charge in [0.15, 0.2) is 0 Å². The molecular formula is C17H19O. The molecule has 0 amide bonds. The lowest BCUT2D eigenvalue weighted by Gasteiger charge is -2.13. The molecule has 0 aromatic heterocycles. The predicted octanol–water partition coefficient (Wildman–Crippen LogP) is 4.79. The van der Waals surface area contributed by atoms with Crippen LogP contribution < -0.4 is 4.74 Å². The van der Waals surface area contributed by atoms with Crippen molar-refractivity contribution in [3.05, 3.63) is 59.7 Å². The van der Waals surface area contributed by atoms with E-state index in [-0.39, 0.29) is 0 Å². The van der Waals surface area contributed by atoms with Gasteiger partial charge in [0.2, 0.25) is 0 Å². The molecule has 0 saturated carbocycles. The standard InChI is InChI=1S/C17H19O/c1-3-9-16-14(4-2)10-8-13-17(16)18-15-11-6-5-7-12-15/h5-8,10-12H,3-4,9H2,1-2H3. The second-order valence-corrected chi connectivity index (χ2v) is 4.33. The molecule has 2 rings (SSSR count). The number of ether oxygens (including phenoxy) is 1. The molecule has 0 N–H and O–H groups in total. The molecule has 18 heavy (non-hydrogen) atoms. The van der Waals surface area contributed by atoms with Crippen LogP contribution in [-0.2, 0) is 12.8 Å². The van der Waals surface area contributed by atoms with Gasteiger partial charge in [-0.15, -0.1) is 0 Å². The van der Waals surface area contributed by atoms with Crippen molar-refractivity contribution in [2.75, 3.05) is 0 Å². The average molecular weight is 239 g/mol. The van der Waals surface area contributed by atoms with Crippen molar-refractivity contribution in [3.63, 3.8) is 0 Å². The summed E-state index contributed by atoms with van der Waals surface area (Å²) in [5.41, 5.74) is 2.66. The first-order chi connectivity index (χ1) is 8.85. The zero-order valence-electron chi connectivity index (χ0n) is 11.1. The zero-order chi connectivity index (χ0) is 12.8. The smallest absolute Gasteiger partial charge is 0.138 e. The van der Waals surface area contributed by atoms with E-state index in [1.807, 2.05) is 36.4 Å². The summed E-state index contributed by atoms with van der Waals surface area (Å²) in [6.45, 7) is 4.37. The van der Waals surface area contributed by atoms with E-state index in [9.17, 15) is 0 Å². The second kappa shape index (κ2) is 6.25. The van der Waals surface area contributed by atoms with Gasteiger partial charge >= 0.3 is 0 Å². The van der Waals surface area contributed by atoms with Gasteiger partial charge in [0, 0.05) is 6.07 Å². The highest BCUT2D eigenvalue weighted by Gasteiger charge is 2.08. The molecule has 0 aliphatic carbocycles. The van der Waals surface area contributed by atoms with Crippen LogP contribution in [0.4, 0.5) is 0 Å². The van der Waals surface area contributed by atoms with Gasteiger partial charge in [-0.05, 0) is 36.1 Å². The molecule has 1 radical (unpaired) electrons. The molecule has 2 aromatic carbocycles. The maximum Gasteiger partial charge on any atom is 0.138 e. The molecule has 0 bridgehead atoms. The molecule has 0 aliphatic rings. The topological polar surface area (TPSA) is 9.23 Å². The highest BCUT2D eigenvalue weighted by molar-refractivity contribution is 5.42. The largest absolute Gasteiger partial charge is 0.456 e. The summed E-state index contributed by atoms with van der Waals surface area (Å²) in [4.78, 5) is 0. The summed E-state index contributed by atoms with van der Waals surface area (Å²) in [5, 5.41) is 0.